The van der Waals surface area contributed by atoms with E-state index in [4.69, 9.17) is 0 Å². The number of hydrogen-bond donors (Lipinski definition) is 1. The van der Waals surface area contributed by atoms with Crippen molar-refractivity contribution in [3.63, 3.8) is 0 Å². The van der Waals surface area contributed by atoms with Crippen molar-refractivity contribution in [3.05, 3.63) is 71.8 Å². The molecule has 0 saturated heterocycles. The van der Waals surface area contributed by atoms with Gasteiger partial charge >= 0.3 is 0 Å². The van der Waals surface area contributed by atoms with E-state index in [2.05, 4.69) is 29.4 Å². The van der Waals surface area contributed by atoms with Crippen LogP contribution in [0.5, 0.6) is 0 Å². The van der Waals surface area contributed by atoms with Gasteiger partial charge in [-0.2, -0.15) is 0 Å². The Labute approximate surface area is 167 Å². The van der Waals surface area contributed by atoms with Crippen molar-refractivity contribution in [2.24, 2.45) is 5.92 Å². The fraction of sp³-hybridized carbons (Fsp3) is 0.190. The van der Waals surface area contributed by atoms with Crippen LogP contribution >= 0.6 is 23.1 Å². The second-order valence-corrected chi connectivity index (χ2v) is 8.61. The molecule has 6 heteroatoms. The van der Waals surface area contributed by atoms with E-state index in [-0.39, 0.29) is 5.91 Å². The number of amides is 1. The first-order valence-electron chi connectivity index (χ1n) is 8.71. The van der Waals surface area contributed by atoms with Crippen molar-refractivity contribution in [3.8, 4) is 0 Å². The van der Waals surface area contributed by atoms with Gasteiger partial charge in [0.25, 0.3) is 5.91 Å². The van der Waals surface area contributed by atoms with Crippen molar-refractivity contribution in [1.82, 2.24) is 10.2 Å². The Morgan fingerprint density at radius 1 is 1.07 bits per heavy atom. The summed E-state index contributed by atoms with van der Waals surface area (Å²) in [6.45, 7) is 4.33. The van der Waals surface area contributed by atoms with E-state index < -0.39 is 0 Å². The smallest absolute Gasteiger partial charge is 0.258 e. The second kappa shape index (κ2) is 9.48. The van der Waals surface area contributed by atoms with Crippen molar-refractivity contribution in [2.45, 2.75) is 18.2 Å². The standard InChI is InChI=1S/C21H21N3OS2/c1-15(2)14-26-21-24-23-20(27-21)22-19(25)18(17-11-7-4-8-12-17)13-16-9-5-3-6-10-16/h3-13,15H,14H2,1-2H3,(H,22,23,25)/b18-13+. The third-order valence-corrected chi connectivity index (χ3v) is 6.01. The molecule has 1 heterocycles. The fourth-order valence-corrected chi connectivity index (χ4v) is 4.06. The number of aromatic nitrogens is 2. The zero-order valence-corrected chi connectivity index (χ0v) is 16.9. The summed E-state index contributed by atoms with van der Waals surface area (Å²) in [4.78, 5) is 12.9. The van der Waals surface area contributed by atoms with E-state index >= 15 is 0 Å². The van der Waals surface area contributed by atoms with Crippen molar-refractivity contribution in [2.75, 3.05) is 11.1 Å². The van der Waals surface area contributed by atoms with Crippen LogP contribution in [0.4, 0.5) is 5.13 Å². The first-order chi connectivity index (χ1) is 13.1. The Kier molecular flexibility index (Phi) is 6.79. The summed E-state index contributed by atoms with van der Waals surface area (Å²) >= 11 is 3.07. The van der Waals surface area contributed by atoms with Gasteiger partial charge in [-0.1, -0.05) is 97.6 Å². The fourth-order valence-electron chi connectivity index (χ4n) is 2.33. The molecule has 3 rings (SSSR count). The Morgan fingerprint density at radius 2 is 1.74 bits per heavy atom. The maximum Gasteiger partial charge on any atom is 0.258 e. The topological polar surface area (TPSA) is 54.9 Å². The molecule has 4 nitrogen and oxygen atoms in total. The molecule has 0 aliphatic rings. The highest BCUT2D eigenvalue weighted by Crippen LogP contribution is 2.28. The SMILES string of the molecule is CC(C)CSc1nnc(NC(=O)/C(=C/c2ccccc2)c2ccccc2)s1. The molecular weight excluding hydrogens is 374 g/mol. The van der Waals surface area contributed by atoms with E-state index in [0.29, 0.717) is 16.6 Å². The van der Waals surface area contributed by atoms with Crippen LogP contribution in [0.1, 0.15) is 25.0 Å². The van der Waals surface area contributed by atoms with E-state index in [1.165, 1.54) is 11.3 Å². The Morgan fingerprint density at radius 3 is 2.41 bits per heavy atom. The second-order valence-electron chi connectivity index (χ2n) is 6.37. The highest BCUT2D eigenvalue weighted by molar-refractivity contribution is 8.01. The van der Waals surface area contributed by atoms with E-state index in [1.54, 1.807) is 11.8 Å². The summed E-state index contributed by atoms with van der Waals surface area (Å²) in [5.41, 5.74) is 2.42. The van der Waals surface area contributed by atoms with Crippen molar-refractivity contribution in [1.29, 1.82) is 0 Å². The lowest BCUT2D eigenvalue weighted by Crippen LogP contribution is -2.13. The van der Waals surface area contributed by atoms with Crippen molar-refractivity contribution >= 4 is 45.8 Å². The lowest BCUT2D eigenvalue weighted by molar-refractivity contribution is -0.111. The van der Waals surface area contributed by atoms with Crippen LogP contribution in [-0.4, -0.2) is 21.9 Å². The molecule has 138 valence electrons. The molecule has 2 aromatic carbocycles. The first-order valence-corrected chi connectivity index (χ1v) is 10.5. The largest absolute Gasteiger partial charge is 0.296 e. The molecule has 1 N–H and O–H groups in total. The van der Waals surface area contributed by atoms with Crippen LogP contribution < -0.4 is 5.32 Å². The molecular formula is C21H21N3OS2. The summed E-state index contributed by atoms with van der Waals surface area (Å²) in [5, 5.41) is 11.7. The third-order valence-electron chi connectivity index (χ3n) is 3.61. The highest BCUT2D eigenvalue weighted by Gasteiger charge is 2.15. The monoisotopic (exact) mass is 395 g/mol. The van der Waals surface area contributed by atoms with Crippen LogP contribution in [-0.2, 0) is 4.79 Å². The quantitative estimate of drug-likeness (QED) is 0.250. The summed E-state index contributed by atoms with van der Waals surface area (Å²) in [5.74, 6) is 1.36. The van der Waals surface area contributed by atoms with Crippen molar-refractivity contribution < 1.29 is 4.79 Å². The molecule has 0 spiro atoms. The number of benzene rings is 2. The third kappa shape index (κ3) is 5.77. The van der Waals surface area contributed by atoms with Gasteiger partial charge in [-0.05, 0) is 23.1 Å². The normalized spacial score (nSPS) is 11.6. The van der Waals surface area contributed by atoms with Gasteiger partial charge in [-0.25, -0.2) is 0 Å². The van der Waals surface area contributed by atoms with E-state index in [0.717, 1.165) is 21.2 Å². The number of carbonyl (C=O) groups excluding carboxylic acids is 1. The van der Waals surface area contributed by atoms with Crippen LogP contribution in [0.25, 0.3) is 11.6 Å². The van der Waals surface area contributed by atoms with E-state index in [1.807, 2.05) is 66.7 Å². The number of nitrogens with one attached hydrogen (secondary N) is 1. The van der Waals surface area contributed by atoms with Crippen LogP contribution in [0.2, 0.25) is 0 Å². The Balaban J connectivity index is 1.81. The number of anilines is 1. The average molecular weight is 396 g/mol. The van der Waals surface area contributed by atoms with Gasteiger partial charge in [0, 0.05) is 11.3 Å². The molecule has 0 aliphatic heterocycles. The number of hydrogen-bond acceptors (Lipinski definition) is 5. The molecule has 3 aromatic rings. The predicted molar refractivity (Wildman–Crippen MR) is 115 cm³/mol. The molecule has 0 atom stereocenters. The minimum atomic E-state index is -0.193. The molecule has 1 aromatic heterocycles. The lowest BCUT2D eigenvalue weighted by Gasteiger charge is -2.07. The maximum atomic E-state index is 12.9. The van der Waals surface area contributed by atoms with Gasteiger partial charge < -0.3 is 0 Å². The number of thioether (sulfide) groups is 1. The van der Waals surface area contributed by atoms with Crippen LogP contribution in [0.3, 0.4) is 0 Å². The lowest BCUT2D eigenvalue weighted by atomic mass is 10.0. The van der Waals surface area contributed by atoms with Gasteiger partial charge in [0.2, 0.25) is 5.13 Å². The minimum Gasteiger partial charge on any atom is -0.296 e. The Bertz CT molecular complexity index is 905. The van der Waals surface area contributed by atoms with Gasteiger partial charge in [0.1, 0.15) is 0 Å². The van der Waals surface area contributed by atoms with Crippen LogP contribution in [0.15, 0.2) is 65.0 Å². The number of rotatable bonds is 7. The summed E-state index contributed by atoms with van der Waals surface area (Å²) < 4.78 is 0.868. The predicted octanol–water partition coefficient (Wildman–Crippen LogP) is 5.47. The Hall–Kier alpha value is -2.44. The number of carbonyl (C=O) groups is 1. The molecule has 0 aliphatic carbocycles. The molecule has 0 fully saturated rings. The average Bonchev–Trinajstić information content (AvgIpc) is 3.13. The minimum absolute atomic E-state index is 0.193. The summed E-state index contributed by atoms with van der Waals surface area (Å²) in [7, 11) is 0. The summed E-state index contributed by atoms with van der Waals surface area (Å²) in [6, 6.07) is 19.5. The first kappa shape index (κ1) is 19.3. The van der Waals surface area contributed by atoms with Gasteiger partial charge in [0.15, 0.2) is 4.34 Å². The van der Waals surface area contributed by atoms with E-state index in [9.17, 15) is 4.79 Å². The van der Waals surface area contributed by atoms with Gasteiger partial charge in [0.05, 0.1) is 0 Å². The van der Waals surface area contributed by atoms with Gasteiger partial charge in [-0.15, -0.1) is 10.2 Å². The summed E-state index contributed by atoms with van der Waals surface area (Å²) in [6.07, 6.45) is 1.89. The zero-order chi connectivity index (χ0) is 19.1. The van der Waals surface area contributed by atoms with Crippen LogP contribution in [0, 0.1) is 5.92 Å². The molecule has 0 bridgehead atoms. The number of nitrogens with zero attached hydrogens (tertiary/aromatic N) is 2. The molecule has 0 radical (unpaired) electrons. The zero-order valence-electron chi connectivity index (χ0n) is 15.3. The maximum absolute atomic E-state index is 12.9. The highest BCUT2D eigenvalue weighted by atomic mass is 32.2. The molecule has 0 unspecified atom stereocenters. The van der Waals surface area contributed by atoms with Gasteiger partial charge in [-0.3, -0.25) is 10.1 Å². The molecule has 1 amide bonds. The molecule has 27 heavy (non-hydrogen) atoms. The molecule has 0 saturated carbocycles.